The molecule has 0 spiro atoms. The molecule has 0 N–H and O–H groups in total. The Kier molecular flexibility index (Phi) is 4.88. The number of carbonyl (C=O) groups is 1. The van der Waals surface area contributed by atoms with E-state index in [1.165, 1.54) is 9.27 Å². The standard InChI is InChI=1S/C18H23INO2/c1-18(2)12-15(20-8-10-22-11-9-20)17(16(21)13-18)19-14-6-4-3-5-7-14/h3-7H,8-13H2,1-2H3/q+1. The van der Waals surface area contributed by atoms with E-state index in [0.29, 0.717) is 12.2 Å². The average molecular weight is 412 g/mol. The Bertz CT molecular complexity index is 574. The number of rotatable bonds is 3. The van der Waals surface area contributed by atoms with E-state index in [4.69, 9.17) is 4.74 Å². The van der Waals surface area contributed by atoms with E-state index >= 15 is 0 Å². The van der Waals surface area contributed by atoms with Gasteiger partial charge in [0.1, 0.15) is 0 Å². The molecule has 0 unspecified atom stereocenters. The predicted octanol–water partition coefficient (Wildman–Crippen LogP) is -0.122. The number of ketones is 1. The lowest BCUT2D eigenvalue weighted by atomic mass is 9.78. The second-order valence-electron chi connectivity index (χ2n) is 6.69. The maximum Gasteiger partial charge on any atom is 0.363 e. The smallest absolute Gasteiger partial charge is 0.363 e. The molecule has 0 atom stereocenters. The highest BCUT2D eigenvalue weighted by Gasteiger charge is 2.42. The van der Waals surface area contributed by atoms with Crippen molar-refractivity contribution in [2.24, 2.45) is 5.41 Å². The fraction of sp³-hybridized carbons (Fsp3) is 0.500. The summed E-state index contributed by atoms with van der Waals surface area (Å²) in [5.74, 6) is 0.370. The van der Waals surface area contributed by atoms with Crippen LogP contribution in [-0.2, 0) is 9.53 Å². The molecule has 1 aliphatic heterocycles. The van der Waals surface area contributed by atoms with Crippen molar-refractivity contribution < 1.29 is 30.7 Å². The topological polar surface area (TPSA) is 29.5 Å². The number of carbonyl (C=O) groups excluding carboxylic acids is 1. The number of halogens is 1. The zero-order valence-corrected chi connectivity index (χ0v) is 15.4. The zero-order valence-electron chi connectivity index (χ0n) is 13.3. The normalized spacial score (nSPS) is 22.1. The molecule has 0 bridgehead atoms. The molecule has 4 heteroatoms. The van der Waals surface area contributed by atoms with Crippen molar-refractivity contribution in [3.8, 4) is 0 Å². The van der Waals surface area contributed by atoms with E-state index < -0.39 is 21.2 Å². The van der Waals surface area contributed by atoms with Crippen LogP contribution in [0.3, 0.4) is 0 Å². The van der Waals surface area contributed by atoms with E-state index in [1.807, 2.05) is 6.07 Å². The van der Waals surface area contributed by atoms with Gasteiger partial charge >= 0.3 is 21.2 Å². The van der Waals surface area contributed by atoms with Gasteiger partial charge in [-0.2, -0.15) is 0 Å². The quantitative estimate of drug-likeness (QED) is 0.649. The Morgan fingerprint density at radius 2 is 1.77 bits per heavy atom. The summed E-state index contributed by atoms with van der Waals surface area (Å²) in [5.41, 5.74) is 1.38. The van der Waals surface area contributed by atoms with Gasteiger partial charge < -0.3 is 9.64 Å². The molecule has 2 aliphatic rings. The summed E-state index contributed by atoms with van der Waals surface area (Å²) in [5, 5.41) is 0. The van der Waals surface area contributed by atoms with Crippen LogP contribution in [0.5, 0.6) is 0 Å². The minimum Gasteiger partial charge on any atom is -0.378 e. The Labute approximate surface area is 143 Å². The molecule has 1 aliphatic carbocycles. The summed E-state index contributed by atoms with van der Waals surface area (Å²) in [6, 6.07) is 10.5. The lowest BCUT2D eigenvalue weighted by molar-refractivity contribution is -0.572. The Balaban J connectivity index is 1.94. The highest BCUT2D eigenvalue weighted by molar-refractivity contribution is 5.94. The Hall–Kier alpha value is -0.880. The van der Waals surface area contributed by atoms with Crippen LogP contribution in [0.4, 0.5) is 0 Å². The van der Waals surface area contributed by atoms with Crippen LogP contribution >= 0.6 is 0 Å². The molecular weight excluding hydrogens is 389 g/mol. The lowest BCUT2D eigenvalue weighted by Crippen LogP contribution is -3.61. The molecule has 22 heavy (non-hydrogen) atoms. The fourth-order valence-corrected chi connectivity index (χ4v) is 5.78. The van der Waals surface area contributed by atoms with E-state index in [9.17, 15) is 4.79 Å². The second-order valence-corrected chi connectivity index (χ2v) is 9.55. The molecule has 0 radical (unpaired) electrons. The van der Waals surface area contributed by atoms with Gasteiger partial charge in [-0.1, -0.05) is 32.0 Å². The van der Waals surface area contributed by atoms with Gasteiger partial charge in [0.2, 0.25) is 5.78 Å². The SMILES string of the molecule is CC1(C)CC(=O)C([I+]c2ccccc2)=C(N2CCOCC2)C1. The van der Waals surface area contributed by atoms with Crippen molar-refractivity contribution >= 4 is 5.78 Å². The molecule has 1 aromatic carbocycles. The predicted molar refractivity (Wildman–Crippen MR) is 82.6 cm³/mol. The number of morpholine rings is 1. The molecule has 1 saturated heterocycles. The summed E-state index contributed by atoms with van der Waals surface area (Å²) in [7, 11) is 0. The lowest BCUT2D eigenvalue weighted by Gasteiger charge is -2.37. The second kappa shape index (κ2) is 6.71. The highest BCUT2D eigenvalue weighted by Crippen LogP contribution is 2.36. The van der Waals surface area contributed by atoms with Crippen LogP contribution in [0.25, 0.3) is 0 Å². The molecule has 0 aromatic heterocycles. The molecule has 3 nitrogen and oxygen atoms in total. The molecule has 1 fully saturated rings. The van der Waals surface area contributed by atoms with Crippen molar-refractivity contribution in [1.82, 2.24) is 4.90 Å². The first-order chi connectivity index (χ1) is 10.6. The number of benzene rings is 1. The monoisotopic (exact) mass is 412 g/mol. The third-order valence-corrected chi connectivity index (χ3v) is 7.22. The largest absolute Gasteiger partial charge is 0.378 e. The van der Waals surface area contributed by atoms with Gasteiger partial charge in [-0.15, -0.1) is 0 Å². The molecule has 0 amide bonds. The van der Waals surface area contributed by atoms with Gasteiger partial charge in [-0.3, -0.25) is 4.79 Å². The molecule has 0 saturated carbocycles. The Morgan fingerprint density at radius 1 is 1.09 bits per heavy atom. The highest BCUT2D eigenvalue weighted by atomic mass is 127. The van der Waals surface area contributed by atoms with Crippen LogP contribution in [0.2, 0.25) is 0 Å². The minimum absolute atomic E-state index is 0.0780. The first-order valence-corrected chi connectivity index (χ1v) is 10.00. The van der Waals surface area contributed by atoms with Crippen LogP contribution < -0.4 is 21.2 Å². The number of allylic oxidation sites excluding steroid dienone is 2. The van der Waals surface area contributed by atoms with Crippen LogP contribution in [0.1, 0.15) is 26.7 Å². The van der Waals surface area contributed by atoms with E-state index in [-0.39, 0.29) is 5.41 Å². The van der Waals surface area contributed by atoms with Crippen LogP contribution in [-0.4, -0.2) is 37.0 Å². The number of nitrogens with zero attached hydrogens (tertiary/aromatic N) is 1. The Morgan fingerprint density at radius 3 is 2.45 bits per heavy atom. The van der Waals surface area contributed by atoms with Gasteiger partial charge in [-0.05, 0) is 24.0 Å². The summed E-state index contributed by atoms with van der Waals surface area (Å²) in [6.07, 6.45) is 1.70. The average Bonchev–Trinajstić information content (AvgIpc) is 2.51. The fourth-order valence-electron chi connectivity index (χ4n) is 3.04. The molecule has 1 heterocycles. The minimum atomic E-state index is -0.396. The number of ether oxygens (including phenoxy) is 1. The van der Waals surface area contributed by atoms with E-state index in [0.717, 1.165) is 36.3 Å². The molecule has 3 rings (SSSR count). The number of hydrogen-bond acceptors (Lipinski definition) is 3. The van der Waals surface area contributed by atoms with Crippen molar-refractivity contribution in [2.75, 3.05) is 26.3 Å². The maximum absolute atomic E-state index is 12.8. The summed E-state index contributed by atoms with van der Waals surface area (Å²) >= 11 is -0.396. The van der Waals surface area contributed by atoms with E-state index in [2.05, 4.69) is 43.0 Å². The van der Waals surface area contributed by atoms with Gasteiger partial charge in [0.15, 0.2) is 3.57 Å². The third-order valence-electron chi connectivity index (χ3n) is 4.11. The van der Waals surface area contributed by atoms with Crippen molar-refractivity contribution in [2.45, 2.75) is 26.7 Å². The zero-order chi connectivity index (χ0) is 15.6. The van der Waals surface area contributed by atoms with Gasteiger partial charge in [0.25, 0.3) is 3.58 Å². The molecular formula is C18H23INO2+. The van der Waals surface area contributed by atoms with Gasteiger partial charge in [-0.25, -0.2) is 0 Å². The van der Waals surface area contributed by atoms with Crippen molar-refractivity contribution in [1.29, 1.82) is 0 Å². The van der Waals surface area contributed by atoms with Crippen LogP contribution in [0, 0.1) is 8.99 Å². The maximum atomic E-state index is 12.8. The first kappa shape index (κ1) is 16.0. The summed E-state index contributed by atoms with van der Waals surface area (Å²) in [4.78, 5) is 15.2. The van der Waals surface area contributed by atoms with Crippen LogP contribution in [0.15, 0.2) is 39.6 Å². The van der Waals surface area contributed by atoms with Crippen molar-refractivity contribution in [3.63, 3.8) is 0 Å². The summed E-state index contributed by atoms with van der Waals surface area (Å²) < 4.78 is 7.94. The van der Waals surface area contributed by atoms with Crippen molar-refractivity contribution in [3.05, 3.63) is 43.2 Å². The van der Waals surface area contributed by atoms with E-state index in [1.54, 1.807) is 0 Å². The molecule has 118 valence electrons. The number of hydrogen-bond donors (Lipinski definition) is 0. The number of Topliss-reactive ketones (excluding diaryl/α,β-unsaturated/α-hetero) is 1. The summed E-state index contributed by atoms with van der Waals surface area (Å²) in [6.45, 7) is 7.80. The van der Waals surface area contributed by atoms with Gasteiger partial charge in [0, 0.05) is 19.5 Å². The first-order valence-electron chi connectivity index (χ1n) is 7.84. The molecule has 1 aromatic rings. The van der Waals surface area contributed by atoms with Gasteiger partial charge in [0.05, 0.1) is 18.9 Å². The third kappa shape index (κ3) is 3.71.